The van der Waals surface area contributed by atoms with E-state index in [2.05, 4.69) is 11.8 Å². The Bertz CT molecular complexity index is 563. The van der Waals surface area contributed by atoms with E-state index in [1.807, 2.05) is 0 Å². The normalized spacial score (nSPS) is 15.8. The molecule has 2 aliphatic heterocycles. The smallest absolute Gasteiger partial charge is 0.0622 e. The van der Waals surface area contributed by atoms with Crippen molar-refractivity contribution in [3.05, 3.63) is 22.8 Å². The number of aromatic nitrogens is 2. The molecule has 0 atom stereocenters. The van der Waals surface area contributed by atoms with Crippen LogP contribution in [0.25, 0.3) is 0 Å². The Kier molecular flexibility index (Phi) is 9.89. The van der Waals surface area contributed by atoms with E-state index >= 15 is 0 Å². The van der Waals surface area contributed by atoms with Crippen molar-refractivity contribution in [3.63, 3.8) is 0 Å². The summed E-state index contributed by atoms with van der Waals surface area (Å²) < 4.78 is 0. The summed E-state index contributed by atoms with van der Waals surface area (Å²) in [6.07, 6.45) is 29.1. The van der Waals surface area contributed by atoms with E-state index in [0.29, 0.717) is 0 Å². The first-order valence-electron chi connectivity index (χ1n) is 10.6. The van der Waals surface area contributed by atoms with Crippen LogP contribution in [0.3, 0.4) is 0 Å². The van der Waals surface area contributed by atoms with Crippen molar-refractivity contribution in [1.29, 1.82) is 0 Å². The van der Waals surface area contributed by atoms with E-state index < -0.39 is 0 Å². The van der Waals surface area contributed by atoms with Gasteiger partial charge in [0.1, 0.15) is 0 Å². The Labute approximate surface area is 160 Å². The molecule has 0 saturated carbocycles. The average molecular weight is 351 g/mol. The van der Waals surface area contributed by atoms with E-state index in [9.17, 15) is 0 Å². The summed E-state index contributed by atoms with van der Waals surface area (Å²) in [5.74, 6) is 5.51. The summed E-state index contributed by atoms with van der Waals surface area (Å²) in [4.78, 5) is 10.2. The Hall–Kier alpha value is -1.80. The fourth-order valence-electron chi connectivity index (χ4n) is 3.75. The first-order valence-corrected chi connectivity index (χ1v) is 10.6. The van der Waals surface area contributed by atoms with Gasteiger partial charge in [-0.2, -0.15) is 0 Å². The minimum Gasteiger partial charge on any atom is -0.254 e. The van der Waals surface area contributed by atoms with Crippen molar-refractivity contribution >= 4 is 0 Å². The topological polar surface area (TPSA) is 25.8 Å². The minimum absolute atomic E-state index is 0.820. The number of rotatable bonds is 6. The van der Waals surface area contributed by atoms with Gasteiger partial charge in [-0.3, -0.25) is 9.97 Å². The first-order chi connectivity index (χ1) is 12.8. The lowest BCUT2D eigenvalue weighted by atomic mass is 10.00. The van der Waals surface area contributed by atoms with Crippen molar-refractivity contribution in [3.8, 4) is 24.7 Å². The maximum atomic E-state index is 5.44. The third kappa shape index (κ3) is 7.21. The van der Waals surface area contributed by atoms with Crippen LogP contribution in [0, 0.1) is 24.7 Å². The number of aryl methyl sites for hydroxylation is 4. The largest absolute Gasteiger partial charge is 0.254 e. The molecule has 140 valence electrons. The summed E-state index contributed by atoms with van der Waals surface area (Å²) in [7, 11) is 0. The van der Waals surface area contributed by atoms with Gasteiger partial charge >= 0.3 is 0 Å². The van der Waals surface area contributed by atoms with Gasteiger partial charge in [-0.25, -0.2) is 0 Å². The fraction of sp³-hybridized carbons (Fsp3) is 0.667. The van der Waals surface area contributed by atoms with Crippen LogP contribution >= 0.6 is 0 Å². The van der Waals surface area contributed by atoms with Gasteiger partial charge in [0.25, 0.3) is 0 Å². The predicted octanol–water partition coefficient (Wildman–Crippen LogP) is 5.61. The zero-order chi connectivity index (χ0) is 18.5. The lowest BCUT2D eigenvalue weighted by Crippen LogP contribution is -2.11. The maximum Gasteiger partial charge on any atom is 0.0622 e. The third-order valence-electron chi connectivity index (χ3n) is 5.25. The van der Waals surface area contributed by atoms with E-state index in [1.165, 1.54) is 74.1 Å². The second-order valence-electron chi connectivity index (χ2n) is 7.45. The van der Waals surface area contributed by atoms with E-state index in [0.717, 1.165) is 51.4 Å². The standard InChI is InChI=1S/C24H34N2/c1-3-5-13-17-21-23-19-15-11-9-7-8-10-12-16-20-24(25-21)22(26-23)18-14-6-4-2/h1-2H,5-20H2. The molecule has 0 unspecified atom stereocenters. The Balaban J connectivity index is 2.23. The van der Waals surface area contributed by atoms with E-state index in [4.69, 9.17) is 22.8 Å². The van der Waals surface area contributed by atoms with Gasteiger partial charge < -0.3 is 0 Å². The number of terminal acetylenes is 2. The van der Waals surface area contributed by atoms with Gasteiger partial charge in [-0.15, -0.1) is 24.7 Å². The van der Waals surface area contributed by atoms with Gasteiger partial charge in [0.15, 0.2) is 0 Å². The molecule has 2 aliphatic rings. The molecule has 3 rings (SSSR count). The molecule has 0 spiro atoms. The molecule has 3 heterocycles. The molecule has 1 aromatic heterocycles. The van der Waals surface area contributed by atoms with Crippen molar-refractivity contribution in [2.45, 2.75) is 103 Å². The Morgan fingerprint density at radius 2 is 1.00 bits per heavy atom. The van der Waals surface area contributed by atoms with Gasteiger partial charge in [0.2, 0.25) is 0 Å². The SMILES string of the molecule is C#CCCCc1nc2c(CCCC#C)nc1CCCCCCCCCC2. The second-order valence-corrected chi connectivity index (χ2v) is 7.45. The molecule has 0 radical (unpaired) electrons. The van der Waals surface area contributed by atoms with Crippen LogP contribution in [0.15, 0.2) is 0 Å². The number of fused-ring (bicyclic) bond motifs is 11. The van der Waals surface area contributed by atoms with Crippen LogP contribution in [-0.4, -0.2) is 9.97 Å². The van der Waals surface area contributed by atoms with Gasteiger partial charge in [0, 0.05) is 12.8 Å². The van der Waals surface area contributed by atoms with Gasteiger partial charge in [-0.05, 0) is 51.4 Å². The average Bonchev–Trinajstić information content (AvgIpc) is 2.65. The van der Waals surface area contributed by atoms with E-state index in [-0.39, 0.29) is 0 Å². The zero-order valence-corrected chi connectivity index (χ0v) is 16.4. The molecule has 2 heteroatoms. The molecule has 0 saturated heterocycles. The van der Waals surface area contributed by atoms with Crippen LogP contribution in [0.4, 0.5) is 0 Å². The van der Waals surface area contributed by atoms with E-state index in [1.54, 1.807) is 0 Å². The molecular formula is C24H34N2. The maximum absolute atomic E-state index is 5.44. The monoisotopic (exact) mass is 350 g/mol. The summed E-state index contributed by atoms with van der Waals surface area (Å²) in [6.45, 7) is 0. The summed E-state index contributed by atoms with van der Waals surface area (Å²) >= 11 is 0. The molecule has 1 aromatic rings. The van der Waals surface area contributed by atoms with Gasteiger partial charge in [-0.1, -0.05) is 38.5 Å². The number of hydrogen-bond donors (Lipinski definition) is 0. The van der Waals surface area contributed by atoms with Crippen LogP contribution in [0.1, 0.15) is 99.8 Å². The lowest BCUT2D eigenvalue weighted by molar-refractivity contribution is 0.555. The summed E-state index contributed by atoms with van der Waals surface area (Å²) in [6, 6.07) is 0. The van der Waals surface area contributed by atoms with Crippen molar-refractivity contribution < 1.29 is 0 Å². The zero-order valence-electron chi connectivity index (χ0n) is 16.4. The summed E-state index contributed by atoms with van der Waals surface area (Å²) in [5, 5.41) is 0. The Morgan fingerprint density at radius 1 is 0.615 bits per heavy atom. The van der Waals surface area contributed by atoms with Crippen LogP contribution < -0.4 is 0 Å². The first kappa shape index (κ1) is 20.5. The quantitative estimate of drug-likeness (QED) is 0.492. The molecule has 0 fully saturated rings. The number of nitrogens with zero attached hydrogens (tertiary/aromatic N) is 2. The van der Waals surface area contributed by atoms with Crippen molar-refractivity contribution in [2.24, 2.45) is 0 Å². The molecule has 0 aromatic carbocycles. The highest BCUT2D eigenvalue weighted by atomic mass is 14.8. The van der Waals surface area contributed by atoms with Crippen LogP contribution in [0.2, 0.25) is 0 Å². The van der Waals surface area contributed by atoms with Crippen LogP contribution in [-0.2, 0) is 25.7 Å². The van der Waals surface area contributed by atoms with Crippen molar-refractivity contribution in [2.75, 3.05) is 0 Å². The molecule has 0 N–H and O–H groups in total. The summed E-state index contributed by atoms with van der Waals surface area (Å²) in [5.41, 5.74) is 4.85. The molecule has 26 heavy (non-hydrogen) atoms. The second kappa shape index (κ2) is 12.5. The predicted molar refractivity (Wildman–Crippen MR) is 110 cm³/mol. The molecule has 2 nitrogen and oxygen atoms in total. The molecule has 2 bridgehead atoms. The Morgan fingerprint density at radius 3 is 1.38 bits per heavy atom. The highest BCUT2D eigenvalue weighted by Crippen LogP contribution is 2.20. The third-order valence-corrected chi connectivity index (χ3v) is 5.25. The minimum atomic E-state index is 0.820. The molecular weight excluding hydrogens is 316 g/mol. The highest BCUT2D eigenvalue weighted by Gasteiger charge is 2.14. The lowest BCUT2D eigenvalue weighted by Gasteiger charge is -2.15. The molecule has 0 amide bonds. The van der Waals surface area contributed by atoms with Crippen molar-refractivity contribution in [1.82, 2.24) is 9.97 Å². The number of unbranched alkanes of at least 4 members (excludes halogenated alkanes) is 2. The molecule has 0 aliphatic carbocycles. The van der Waals surface area contributed by atoms with Gasteiger partial charge in [0.05, 0.1) is 22.8 Å². The number of hydrogen-bond acceptors (Lipinski definition) is 2. The fourth-order valence-corrected chi connectivity index (χ4v) is 3.75. The highest BCUT2D eigenvalue weighted by molar-refractivity contribution is 5.22. The van der Waals surface area contributed by atoms with Crippen LogP contribution in [0.5, 0.6) is 0 Å².